The van der Waals surface area contributed by atoms with Gasteiger partial charge in [-0.3, -0.25) is 0 Å². The van der Waals surface area contributed by atoms with Gasteiger partial charge in [0, 0.05) is 13.1 Å². The minimum atomic E-state index is -3.87. The van der Waals surface area contributed by atoms with E-state index in [1.165, 1.54) is 12.8 Å². The number of aryl methyl sites for hydroxylation is 1. The maximum absolute atomic E-state index is 13.0. The molecule has 0 saturated carbocycles. The molecule has 0 radical (unpaired) electrons. The Balaban J connectivity index is 1.88. The van der Waals surface area contributed by atoms with Crippen LogP contribution in [0.2, 0.25) is 0 Å². The lowest BCUT2D eigenvalue weighted by Crippen LogP contribution is -2.46. The summed E-state index contributed by atoms with van der Waals surface area (Å²) in [7, 11) is -3.87. The molecule has 6 heteroatoms. The van der Waals surface area contributed by atoms with Gasteiger partial charge in [-0.05, 0) is 44.5 Å². The second-order valence-electron chi connectivity index (χ2n) is 7.22. The zero-order valence-electron chi connectivity index (χ0n) is 17.0. The molecule has 0 N–H and O–H groups in total. The molecular weight excluding hydrogens is 372 g/mol. The fraction of sp³-hybridized carbons (Fsp3) is 0.455. The molecule has 152 valence electrons. The molecule has 2 aromatic rings. The molecule has 2 aromatic carbocycles. The summed E-state index contributed by atoms with van der Waals surface area (Å²) in [6.07, 6.45) is 3.82. The van der Waals surface area contributed by atoms with Crippen molar-refractivity contribution in [3.05, 3.63) is 54.1 Å². The van der Waals surface area contributed by atoms with Crippen molar-refractivity contribution < 1.29 is 12.6 Å². The molecule has 3 rings (SSSR count). The lowest BCUT2D eigenvalue weighted by Gasteiger charge is -2.31. The first-order valence-electron chi connectivity index (χ1n) is 10.1. The first kappa shape index (κ1) is 20.7. The van der Waals surface area contributed by atoms with Crippen molar-refractivity contribution in [3.63, 3.8) is 0 Å². The number of fused-ring (bicyclic) bond motifs is 1. The van der Waals surface area contributed by atoms with Gasteiger partial charge in [0.05, 0.1) is 16.3 Å². The summed E-state index contributed by atoms with van der Waals surface area (Å²) in [5.74, 6) is 0. The number of benzene rings is 2. The molecule has 0 aliphatic carbocycles. The van der Waals surface area contributed by atoms with Gasteiger partial charge in [0.1, 0.15) is 0 Å². The molecule has 1 aliphatic rings. The quantitative estimate of drug-likeness (QED) is 0.441. The van der Waals surface area contributed by atoms with E-state index in [4.69, 9.17) is 4.18 Å². The molecule has 0 aromatic heterocycles. The lowest BCUT2D eigenvalue weighted by atomic mass is 10.2. The van der Waals surface area contributed by atoms with Crippen LogP contribution in [0, 0.1) is 6.92 Å². The third-order valence-corrected chi connectivity index (χ3v) is 6.42. The van der Waals surface area contributed by atoms with Crippen molar-refractivity contribution in [3.8, 4) is 0 Å². The predicted molar refractivity (Wildman–Crippen MR) is 114 cm³/mol. The largest absolute Gasteiger partial charge is 0.326 e. The first-order valence-corrected chi connectivity index (χ1v) is 11.5. The molecular formula is C22H30N2O3S. The molecule has 1 atom stereocenters. The zero-order valence-corrected chi connectivity index (χ0v) is 17.8. The van der Waals surface area contributed by atoms with Crippen LogP contribution in [0.1, 0.15) is 45.1 Å². The average molecular weight is 403 g/mol. The molecule has 0 bridgehead atoms. The number of para-hydroxylation sites is 2. The van der Waals surface area contributed by atoms with Crippen LogP contribution in [0.15, 0.2) is 53.4 Å². The Hall–Kier alpha value is -2.05. The summed E-state index contributed by atoms with van der Waals surface area (Å²) < 4.78 is 31.7. The molecule has 0 amide bonds. The third-order valence-electron chi connectivity index (χ3n) is 5.15. The smallest absolute Gasteiger partial charge is 0.300 e. The standard InChI is InChI=1S/C22H30N2O3S/c1-4-6-7-10-17-24-21-12-9-8-11-20(21)23(5-2)22(24)27-28(25,26)19-15-13-18(3)14-16-19/h8-9,11-16,22H,4-7,10,17H2,1-3H3. The minimum absolute atomic E-state index is 0.191. The van der Waals surface area contributed by atoms with Crippen molar-refractivity contribution in [2.45, 2.75) is 57.7 Å². The number of unbranched alkanes of at least 4 members (excludes halogenated alkanes) is 3. The maximum atomic E-state index is 13.0. The van der Waals surface area contributed by atoms with E-state index in [9.17, 15) is 8.42 Å². The Morgan fingerprint density at radius 2 is 1.54 bits per heavy atom. The highest BCUT2D eigenvalue weighted by molar-refractivity contribution is 7.86. The van der Waals surface area contributed by atoms with Gasteiger partial charge >= 0.3 is 0 Å². The monoisotopic (exact) mass is 402 g/mol. The molecule has 5 nitrogen and oxygen atoms in total. The van der Waals surface area contributed by atoms with E-state index in [2.05, 4.69) is 11.8 Å². The van der Waals surface area contributed by atoms with Gasteiger partial charge in [0.15, 0.2) is 0 Å². The summed E-state index contributed by atoms with van der Waals surface area (Å²) in [5.41, 5.74) is 3.06. The minimum Gasteiger partial charge on any atom is -0.326 e. The third kappa shape index (κ3) is 4.33. The summed E-state index contributed by atoms with van der Waals surface area (Å²) in [6, 6.07) is 14.8. The van der Waals surface area contributed by atoms with E-state index in [0.717, 1.165) is 36.3 Å². The number of anilines is 2. The van der Waals surface area contributed by atoms with E-state index in [1.807, 2.05) is 43.0 Å². The highest BCUT2D eigenvalue weighted by atomic mass is 32.2. The Labute approximate surface area is 169 Å². The van der Waals surface area contributed by atoms with Gasteiger partial charge < -0.3 is 9.80 Å². The topological polar surface area (TPSA) is 49.9 Å². The van der Waals surface area contributed by atoms with E-state index in [0.29, 0.717) is 6.54 Å². The fourth-order valence-electron chi connectivity index (χ4n) is 3.60. The lowest BCUT2D eigenvalue weighted by molar-refractivity contribution is 0.205. The van der Waals surface area contributed by atoms with Crippen molar-refractivity contribution in [2.24, 2.45) is 0 Å². The van der Waals surface area contributed by atoms with Gasteiger partial charge in [-0.2, -0.15) is 8.42 Å². The molecule has 1 heterocycles. The molecule has 28 heavy (non-hydrogen) atoms. The number of hydrogen-bond acceptors (Lipinski definition) is 5. The van der Waals surface area contributed by atoms with Crippen LogP contribution in [0.3, 0.4) is 0 Å². The van der Waals surface area contributed by atoms with E-state index >= 15 is 0 Å². The van der Waals surface area contributed by atoms with Crippen LogP contribution in [-0.2, 0) is 14.3 Å². The fourth-order valence-corrected chi connectivity index (χ4v) is 4.62. The highest BCUT2D eigenvalue weighted by Crippen LogP contribution is 2.40. The Kier molecular flexibility index (Phi) is 6.62. The number of rotatable bonds is 9. The Morgan fingerprint density at radius 3 is 2.14 bits per heavy atom. The van der Waals surface area contributed by atoms with Crippen molar-refractivity contribution >= 4 is 21.5 Å². The maximum Gasteiger partial charge on any atom is 0.300 e. The molecule has 1 unspecified atom stereocenters. The normalized spacial score (nSPS) is 16.5. The molecule has 1 aliphatic heterocycles. The summed E-state index contributed by atoms with van der Waals surface area (Å²) >= 11 is 0. The van der Waals surface area contributed by atoms with Gasteiger partial charge in [-0.15, -0.1) is 0 Å². The Morgan fingerprint density at radius 1 is 0.893 bits per heavy atom. The van der Waals surface area contributed by atoms with Crippen LogP contribution >= 0.6 is 0 Å². The molecule has 0 spiro atoms. The van der Waals surface area contributed by atoms with E-state index in [1.54, 1.807) is 24.3 Å². The van der Waals surface area contributed by atoms with Gasteiger partial charge in [-0.25, -0.2) is 4.18 Å². The molecule has 0 fully saturated rings. The number of hydrogen-bond donors (Lipinski definition) is 0. The van der Waals surface area contributed by atoms with Crippen molar-refractivity contribution in [2.75, 3.05) is 22.9 Å². The Bertz CT molecular complexity index is 881. The van der Waals surface area contributed by atoms with Crippen molar-refractivity contribution in [1.82, 2.24) is 0 Å². The van der Waals surface area contributed by atoms with Gasteiger partial charge in [-0.1, -0.05) is 56.0 Å². The van der Waals surface area contributed by atoms with Crippen molar-refractivity contribution in [1.29, 1.82) is 0 Å². The SMILES string of the molecule is CCCCCCN1c2ccccc2N(CC)C1OS(=O)(=O)c1ccc(C)cc1. The second-order valence-corrected chi connectivity index (χ2v) is 8.79. The second kappa shape index (κ2) is 8.97. The predicted octanol–water partition coefficient (Wildman–Crippen LogP) is 4.91. The van der Waals surface area contributed by atoms with Crippen LogP contribution in [0.5, 0.6) is 0 Å². The highest BCUT2D eigenvalue weighted by Gasteiger charge is 2.38. The zero-order chi connectivity index (χ0) is 20.1. The summed E-state index contributed by atoms with van der Waals surface area (Å²) in [5, 5.41) is 0. The van der Waals surface area contributed by atoms with E-state index in [-0.39, 0.29) is 4.90 Å². The van der Waals surface area contributed by atoms with Gasteiger partial charge in [0.2, 0.25) is 6.35 Å². The summed E-state index contributed by atoms with van der Waals surface area (Å²) in [6.45, 7) is 7.57. The first-order chi connectivity index (χ1) is 13.5. The average Bonchev–Trinajstić information content (AvgIpc) is 2.97. The summed E-state index contributed by atoms with van der Waals surface area (Å²) in [4.78, 5) is 4.29. The molecule has 0 saturated heterocycles. The van der Waals surface area contributed by atoms with Crippen LogP contribution in [-0.4, -0.2) is 27.9 Å². The van der Waals surface area contributed by atoms with Gasteiger partial charge in [0.25, 0.3) is 10.1 Å². The van der Waals surface area contributed by atoms with E-state index < -0.39 is 16.5 Å². The van der Waals surface area contributed by atoms with Crippen LogP contribution < -0.4 is 9.80 Å². The number of nitrogens with zero attached hydrogens (tertiary/aromatic N) is 2. The van der Waals surface area contributed by atoms with Crippen LogP contribution in [0.4, 0.5) is 11.4 Å². The van der Waals surface area contributed by atoms with Crippen LogP contribution in [0.25, 0.3) is 0 Å².